The van der Waals surface area contributed by atoms with E-state index in [2.05, 4.69) is 34.7 Å². The topological polar surface area (TPSA) is 3.24 Å². The zero-order valence-electron chi connectivity index (χ0n) is 10.4. The lowest BCUT2D eigenvalue weighted by atomic mass is 10.0. The normalized spacial score (nSPS) is 21.4. The van der Waals surface area contributed by atoms with Gasteiger partial charge >= 0.3 is 0 Å². The molecule has 2 rings (SSSR count). The molecular formula is C14H19BrFN. The van der Waals surface area contributed by atoms with E-state index >= 15 is 0 Å². The third kappa shape index (κ3) is 3.08. The molecule has 0 saturated carbocycles. The maximum atomic E-state index is 13.8. The van der Waals surface area contributed by atoms with Crippen LogP contribution >= 0.6 is 15.9 Å². The Kier molecular flexibility index (Phi) is 4.21. The van der Waals surface area contributed by atoms with Crippen molar-refractivity contribution in [3.63, 3.8) is 0 Å². The van der Waals surface area contributed by atoms with E-state index in [4.69, 9.17) is 0 Å². The van der Waals surface area contributed by atoms with Crippen LogP contribution in [0.1, 0.15) is 32.3 Å². The molecule has 3 heteroatoms. The van der Waals surface area contributed by atoms with Crippen LogP contribution in [0.3, 0.4) is 0 Å². The Morgan fingerprint density at radius 2 is 2.24 bits per heavy atom. The van der Waals surface area contributed by atoms with Gasteiger partial charge in [0.25, 0.3) is 0 Å². The van der Waals surface area contributed by atoms with E-state index in [1.807, 2.05) is 12.1 Å². The molecule has 0 aliphatic carbocycles. The Labute approximate surface area is 111 Å². The number of nitrogens with zero attached hydrogens (tertiary/aromatic N) is 1. The molecule has 1 saturated heterocycles. The monoisotopic (exact) mass is 299 g/mol. The maximum absolute atomic E-state index is 13.8. The number of likely N-dealkylation sites (tertiary alicyclic amines) is 1. The molecular weight excluding hydrogens is 281 g/mol. The number of rotatable bonds is 3. The fourth-order valence-electron chi connectivity index (χ4n) is 2.67. The summed E-state index contributed by atoms with van der Waals surface area (Å²) in [6.07, 6.45) is 2.48. The Balaban J connectivity index is 2.09. The molecule has 1 aromatic carbocycles. The van der Waals surface area contributed by atoms with Gasteiger partial charge in [0.15, 0.2) is 0 Å². The first-order valence-electron chi connectivity index (χ1n) is 6.26. The van der Waals surface area contributed by atoms with Crippen molar-refractivity contribution in [3.05, 3.63) is 34.1 Å². The van der Waals surface area contributed by atoms with Crippen molar-refractivity contribution in [1.82, 2.24) is 4.90 Å². The summed E-state index contributed by atoms with van der Waals surface area (Å²) < 4.78 is 14.6. The smallest absolute Gasteiger partial charge is 0.128 e. The van der Waals surface area contributed by atoms with E-state index in [0.29, 0.717) is 12.0 Å². The predicted molar refractivity (Wildman–Crippen MR) is 72.4 cm³/mol. The maximum Gasteiger partial charge on any atom is 0.128 e. The highest BCUT2D eigenvalue weighted by molar-refractivity contribution is 9.10. The van der Waals surface area contributed by atoms with Gasteiger partial charge in [-0.3, -0.25) is 4.90 Å². The highest BCUT2D eigenvalue weighted by atomic mass is 79.9. The number of hydrogen-bond acceptors (Lipinski definition) is 1. The van der Waals surface area contributed by atoms with Crippen LogP contribution < -0.4 is 0 Å². The Bertz CT molecular complexity index is 392. The van der Waals surface area contributed by atoms with Gasteiger partial charge < -0.3 is 0 Å². The van der Waals surface area contributed by atoms with Crippen LogP contribution in [0.5, 0.6) is 0 Å². The summed E-state index contributed by atoms with van der Waals surface area (Å²) in [5.41, 5.74) is 0.806. The molecule has 1 aromatic rings. The van der Waals surface area contributed by atoms with Crippen molar-refractivity contribution in [2.45, 2.75) is 39.3 Å². The van der Waals surface area contributed by atoms with Crippen LogP contribution in [0.4, 0.5) is 4.39 Å². The molecule has 94 valence electrons. The third-order valence-electron chi connectivity index (χ3n) is 3.57. The van der Waals surface area contributed by atoms with Gasteiger partial charge in [-0.2, -0.15) is 0 Å². The molecule has 1 unspecified atom stereocenters. The Hall–Kier alpha value is -0.410. The molecule has 1 aliphatic heterocycles. The summed E-state index contributed by atoms with van der Waals surface area (Å²) in [5.74, 6) is 0.546. The van der Waals surface area contributed by atoms with Crippen molar-refractivity contribution in [3.8, 4) is 0 Å². The molecule has 17 heavy (non-hydrogen) atoms. The summed E-state index contributed by atoms with van der Waals surface area (Å²) >= 11 is 3.29. The lowest BCUT2D eigenvalue weighted by Gasteiger charge is -2.27. The van der Waals surface area contributed by atoms with Gasteiger partial charge in [-0.1, -0.05) is 35.8 Å². The SMILES string of the molecule is CC(C)C1CCCN1Cc1ccc(Br)cc1F. The largest absolute Gasteiger partial charge is 0.296 e. The first-order chi connectivity index (χ1) is 8.08. The molecule has 1 atom stereocenters. The van der Waals surface area contributed by atoms with E-state index in [-0.39, 0.29) is 5.82 Å². The minimum absolute atomic E-state index is 0.103. The van der Waals surface area contributed by atoms with Crippen LogP contribution in [0, 0.1) is 11.7 Å². The van der Waals surface area contributed by atoms with E-state index in [0.717, 1.165) is 23.1 Å². The fourth-order valence-corrected chi connectivity index (χ4v) is 3.01. The lowest BCUT2D eigenvalue weighted by molar-refractivity contribution is 0.196. The van der Waals surface area contributed by atoms with Crippen molar-refractivity contribution < 1.29 is 4.39 Å². The molecule has 0 spiro atoms. The van der Waals surface area contributed by atoms with Crippen LogP contribution in [-0.4, -0.2) is 17.5 Å². The standard InChI is InChI=1S/C14H19BrFN/c1-10(2)14-4-3-7-17(14)9-11-5-6-12(15)8-13(11)16/h5-6,8,10,14H,3-4,7,9H2,1-2H3. The van der Waals surface area contributed by atoms with Crippen molar-refractivity contribution >= 4 is 15.9 Å². The number of halogens is 2. The van der Waals surface area contributed by atoms with Gasteiger partial charge in [0, 0.05) is 22.6 Å². The summed E-state index contributed by atoms with van der Waals surface area (Å²) in [5, 5.41) is 0. The van der Waals surface area contributed by atoms with E-state index in [1.165, 1.54) is 12.8 Å². The van der Waals surface area contributed by atoms with Crippen LogP contribution in [-0.2, 0) is 6.54 Å². The zero-order valence-corrected chi connectivity index (χ0v) is 12.0. The summed E-state index contributed by atoms with van der Waals surface area (Å²) in [7, 11) is 0. The first kappa shape index (κ1) is 13.0. The number of hydrogen-bond donors (Lipinski definition) is 0. The van der Waals surface area contributed by atoms with Gasteiger partial charge in [0.05, 0.1) is 0 Å². The summed E-state index contributed by atoms with van der Waals surface area (Å²) in [4.78, 5) is 2.41. The highest BCUT2D eigenvalue weighted by Gasteiger charge is 2.27. The second-order valence-electron chi connectivity index (χ2n) is 5.16. The van der Waals surface area contributed by atoms with Crippen molar-refractivity contribution in [2.75, 3.05) is 6.54 Å². The van der Waals surface area contributed by atoms with E-state index in [1.54, 1.807) is 6.07 Å². The Morgan fingerprint density at radius 3 is 2.88 bits per heavy atom. The van der Waals surface area contributed by atoms with Crippen molar-refractivity contribution in [1.29, 1.82) is 0 Å². The summed E-state index contributed by atoms with van der Waals surface area (Å²) in [6.45, 7) is 6.34. The average Bonchev–Trinajstić information content (AvgIpc) is 2.70. The van der Waals surface area contributed by atoms with Crippen molar-refractivity contribution in [2.24, 2.45) is 5.92 Å². The molecule has 1 fully saturated rings. The molecule has 0 N–H and O–H groups in total. The molecule has 0 amide bonds. The molecule has 1 aliphatic rings. The zero-order chi connectivity index (χ0) is 12.4. The molecule has 1 heterocycles. The minimum Gasteiger partial charge on any atom is -0.296 e. The van der Waals surface area contributed by atoms with E-state index < -0.39 is 0 Å². The van der Waals surface area contributed by atoms with E-state index in [9.17, 15) is 4.39 Å². The van der Waals surface area contributed by atoms with Crippen LogP contribution in [0.25, 0.3) is 0 Å². The van der Waals surface area contributed by atoms with Crippen LogP contribution in [0.15, 0.2) is 22.7 Å². The third-order valence-corrected chi connectivity index (χ3v) is 4.07. The second kappa shape index (κ2) is 5.49. The van der Waals surface area contributed by atoms with Gasteiger partial charge in [0.2, 0.25) is 0 Å². The summed E-state index contributed by atoms with van der Waals surface area (Å²) in [6, 6.07) is 5.96. The minimum atomic E-state index is -0.103. The molecule has 0 bridgehead atoms. The first-order valence-corrected chi connectivity index (χ1v) is 7.05. The van der Waals surface area contributed by atoms with Gasteiger partial charge in [-0.05, 0) is 37.4 Å². The fraction of sp³-hybridized carbons (Fsp3) is 0.571. The Morgan fingerprint density at radius 1 is 1.47 bits per heavy atom. The second-order valence-corrected chi connectivity index (χ2v) is 6.08. The van der Waals surface area contributed by atoms with Gasteiger partial charge in [0.1, 0.15) is 5.82 Å². The molecule has 1 nitrogen and oxygen atoms in total. The lowest BCUT2D eigenvalue weighted by Crippen LogP contribution is -2.33. The molecule has 0 aromatic heterocycles. The quantitative estimate of drug-likeness (QED) is 0.808. The van der Waals surface area contributed by atoms with Gasteiger partial charge in [-0.15, -0.1) is 0 Å². The number of benzene rings is 1. The molecule has 0 radical (unpaired) electrons. The predicted octanol–water partition coefficient (Wildman–Crippen LogP) is 4.21. The average molecular weight is 300 g/mol. The van der Waals surface area contributed by atoms with Gasteiger partial charge in [-0.25, -0.2) is 4.39 Å². The van der Waals surface area contributed by atoms with Crippen LogP contribution in [0.2, 0.25) is 0 Å². The highest BCUT2D eigenvalue weighted by Crippen LogP contribution is 2.26.